The minimum atomic E-state index is -0.427. The summed E-state index contributed by atoms with van der Waals surface area (Å²) in [6.45, 7) is 3.81. The predicted molar refractivity (Wildman–Crippen MR) is 51.5 cm³/mol. The van der Waals surface area contributed by atoms with Crippen molar-refractivity contribution < 1.29 is 9.13 Å². The first kappa shape index (κ1) is 10.5. The Labute approximate surface area is 82.9 Å². The van der Waals surface area contributed by atoms with Gasteiger partial charge in [0.1, 0.15) is 0 Å². The lowest BCUT2D eigenvalue weighted by molar-refractivity contribution is 0.208. The summed E-state index contributed by atoms with van der Waals surface area (Å²) in [7, 11) is 0. The smallest absolute Gasteiger partial charge is 0.165 e. The van der Waals surface area contributed by atoms with Crippen molar-refractivity contribution in [3.63, 3.8) is 0 Å². The van der Waals surface area contributed by atoms with Crippen LogP contribution in [0.5, 0.6) is 5.75 Å². The first-order valence-electron chi connectivity index (χ1n) is 4.53. The van der Waals surface area contributed by atoms with Gasteiger partial charge in [0.25, 0.3) is 0 Å². The molecule has 0 N–H and O–H groups in total. The van der Waals surface area contributed by atoms with Gasteiger partial charge in [-0.25, -0.2) is 4.39 Å². The fourth-order valence-electron chi connectivity index (χ4n) is 0.963. The zero-order valence-electron chi connectivity index (χ0n) is 8.25. The van der Waals surface area contributed by atoms with Gasteiger partial charge < -0.3 is 4.74 Å². The molecule has 1 unspecified atom stereocenters. The Balaban J connectivity index is 2.90. The molecule has 0 aliphatic carbocycles. The second-order valence-corrected chi connectivity index (χ2v) is 3.09. The van der Waals surface area contributed by atoms with Crippen molar-refractivity contribution in [2.75, 3.05) is 0 Å². The van der Waals surface area contributed by atoms with Crippen molar-refractivity contribution in [1.29, 1.82) is 5.26 Å². The maximum absolute atomic E-state index is 13.2. The molecule has 0 saturated heterocycles. The summed E-state index contributed by atoms with van der Waals surface area (Å²) in [6, 6.07) is 6.03. The summed E-state index contributed by atoms with van der Waals surface area (Å²) in [4.78, 5) is 0. The first-order valence-corrected chi connectivity index (χ1v) is 4.53. The molecule has 1 atom stereocenters. The molecule has 0 saturated carbocycles. The molecule has 0 radical (unpaired) electrons. The Morgan fingerprint density at radius 3 is 2.86 bits per heavy atom. The van der Waals surface area contributed by atoms with Crippen molar-refractivity contribution in [3.8, 4) is 11.8 Å². The first-order chi connectivity index (χ1) is 6.67. The summed E-state index contributed by atoms with van der Waals surface area (Å²) in [5.74, 6) is -0.275. The molecule has 14 heavy (non-hydrogen) atoms. The lowest BCUT2D eigenvalue weighted by Gasteiger charge is -2.12. The summed E-state index contributed by atoms with van der Waals surface area (Å²) in [5, 5.41) is 8.62. The molecule has 0 aliphatic rings. The number of nitriles is 1. The van der Waals surface area contributed by atoms with Gasteiger partial charge >= 0.3 is 0 Å². The molecule has 74 valence electrons. The largest absolute Gasteiger partial charge is 0.488 e. The second-order valence-electron chi connectivity index (χ2n) is 3.09. The average molecular weight is 193 g/mol. The minimum Gasteiger partial charge on any atom is -0.488 e. The molecular formula is C11H12FNO. The molecule has 1 aromatic carbocycles. The Kier molecular flexibility index (Phi) is 3.47. The summed E-state index contributed by atoms with van der Waals surface area (Å²) in [5.41, 5.74) is 0.407. The lowest BCUT2D eigenvalue weighted by Crippen LogP contribution is -2.10. The van der Waals surface area contributed by atoms with Crippen LogP contribution >= 0.6 is 0 Å². The zero-order valence-corrected chi connectivity index (χ0v) is 8.25. The van der Waals surface area contributed by atoms with Gasteiger partial charge in [-0.2, -0.15) is 5.26 Å². The number of hydrogen-bond donors (Lipinski definition) is 0. The third kappa shape index (κ3) is 2.46. The fourth-order valence-corrected chi connectivity index (χ4v) is 0.963. The Morgan fingerprint density at radius 1 is 1.57 bits per heavy atom. The van der Waals surface area contributed by atoms with Crippen molar-refractivity contribution in [1.82, 2.24) is 0 Å². The van der Waals surface area contributed by atoms with Gasteiger partial charge in [0.15, 0.2) is 11.6 Å². The van der Waals surface area contributed by atoms with Gasteiger partial charge in [-0.1, -0.05) is 6.92 Å². The second kappa shape index (κ2) is 4.61. The molecule has 0 spiro atoms. The van der Waals surface area contributed by atoms with Crippen LogP contribution in [0, 0.1) is 17.1 Å². The van der Waals surface area contributed by atoms with Crippen LogP contribution < -0.4 is 4.74 Å². The highest BCUT2D eigenvalue weighted by Gasteiger charge is 2.07. The molecular weight excluding hydrogens is 181 g/mol. The van der Waals surface area contributed by atoms with E-state index in [-0.39, 0.29) is 11.9 Å². The van der Waals surface area contributed by atoms with Crippen molar-refractivity contribution in [2.24, 2.45) is 0 Å². The molecule has 0 aromatic heterocycles. The maximum Gasteiger partial charge on any atom is 0.165 e. The van der Waals surface area contributed by atoms with Crippen LogP contribution in [0.25, 0.3) is 0 Å². The van der Waals surface area contributed by atoms with Crippen molar-refractivity contribution in [2.45, 2.75) is 26.4 Å². The lowest BCUT2D eigenvalue weighted by atomic mass is 10.2. The highest BCUT2D eigenvalue weighted by Crippen LogP contribution is 2.20. The van der Waals surface area contributed by atoms with Crippen molar-refractivity contribution in [3.05, 3.63) is 29.6 Å². The van der Waals surface area contributed by atoms with Crippen LogP contribution in [0.2, 0.25) is 0 Å². The molecule has 2 nitrogen and oxygen atoms in total. The van der Waals surface area contributed by atoms with E-state index < -0.39 is 5.82 Å². The summed E-state index contributed by atoms with van der Waals surface area (Å²) < 4.78 is 18.5. The van der Waals surface area contributed by atoms with Gasteiger partial charge in [-0.3, -0.25) is 0 Å². The maximum atomic E-state index is 13.2. The van der Waals surface area contributed by atoms with E-state index in [1.807, 2.05) is 19.9 Å². The van der Waals surface area contributed by atoms with Gasteiger partial charge in [0.05, 0.1) is 17.7 Å². The van der Waals surface area contributed by atoms with Crippen LogP contribution in [-0.4, -0.2) is 6.10 Å². The number of halogens is 1. The van der Waals surface area contributed by atoms with Crippen LogP contribution in [0.1, 0.15) is 25.8 Å². The van der Waals surface area contributed by atoms with E-state index in [0.29, 0.717) is 5.56 Å². The molecule has 0 aliphatic heterocycles. The van der Waals surface area contributed by atoms with Crippen LogP contribution in [-0.2, 0) is 0 Å². The van der Waals surface area contributed by atoms with Crippen LogP contribution in [0.3, 0.4) is 0 Å². The van der Waals surface area contributed by atoms with Crippen LogP contribution in [0.4, 0.5) is 4.39 Å². The highest BCUT2D eigenvalue weighted by atomic mass is 19.1. The molecule has 0 bridgehead atoms. The topological polar surface area (TPSA) is 33.0 Å². The molecule has 0 amide bonds. The monoisotopic (exact) mass is 193 g/mol. The number of benzene rings is 1. The van der Waals surface area contributed by atoms with E-state index in [4.69, 9.17) is 10.00 Å². The summed E-state index contributed by atoms with van der Waals surface area (Å²) >= 11 is 0. The number of rotatable bonds is 3. The number of ether oxygens (including phenoxy) is 1. The van der Waals surface area contributed by atoms with Crippen LogP contribution in [0.15, 0.2) is 18.2 Å². The Morgan fingerprint density at radius 2 is 2.29 bits per heavy atom. The van der Waals surface area contributed by atoms with E-state index in [0.717, 1.165) is 6.42 Å². The van der Waals surface area contributed by atoms with Crippen molar-refractivity contribution >= 4 is 0 Å². The zero-order chi connectivity index (χ0) is 10.6. The van der Waals surface area contributed by atoms with E-state index in [9.17, 15) is 4.39 Å². The van der Waals surface area contributed by atoms with E-state index >= 15 is 0 Å². The highest BCUT2D eigenvalue weighted by molar-refractivity contribution is 5.37. The number of hydrogen-bond acceptors (Lipinski definition) is 2. The average Bonchev–Trinajstić information content (AvgIpc) is 2.21. The van der Waals surface area contributed by atoms with Gasteiger partial charge in [0, 0.05) is 6.07 Å². The molecule has 0 fully saturated rings. The van der Waals surface area contributed by atoms with Gasteiger partial charge in [0.2, 0.25) is 0 Å². The number of nitrogens with zero attached hydrogens (tertiary/aromatic N) is 1. The quantitative estimate of drug-likeness (QED) is 0.739. The normalized spacial score (nSPS) is 11.9. The SMILES string of the molecule is CCC(C)Oc1cc(C#N)ccc1F. The Bertz CT molecular complexity index is 357. The molecule has 1 aromatic rings. The third-order valence-electron chi connectivity index (χ3n) is 1.96. The molecule has 0 heterocycles. The van der Waals surface area contributed by atoms with Gasteiger partial charge in [-0.05, 0) is 25.5 Å². The Hall–Kier alpha value is -1.56. The third-order valence-corrected chi connectivity index (χ3v) is 1.96. The molecule has 1 rings (SSSR count). The summed E-state index contributed by atoms with van der Waals surface area (Å²) in [6.07, 6.45) is 0.759. The van der Waals surface area contributed by atoms with Gasteiger partial charge in [-0.15, -0.1) is 0 Å². The minimum absolute atomic E-state index is 0.0431. The predicted octanol–water partition coefficient (Wildman–Crippen LogP) is 2.87. The van der Waals surface area contributed by atoms with E-state index in [1.54, 1.807) is 0 Å². The van der Waals surface area contributed by atoms with E-state index in [1.165, 1.54) is 18.2 Å². The standard InChI is InChI=1S/C11H12FNO/c1-3-8(2)14-11-6-9(7-13)4-5-10(11)12/h4-6,8H,3H2,1-2H3. The fraction of sp³-hybridized carbons (Fsp3) is 0.364. The van der Waals surface area contributed by atoms with E-state index in [2.05, 4.69) is 0 Å². The molecule has 3 heteroatoms.